The molecule has 41 heavy (non-hydrogen) atoms. The first-order chi connectivity index (χ1) is 20.4. The van der Waals surface area contributed by atoms with Gasteiger partial charge in [0.1, 0.15) is 0 Å². The Hall–Kier alpha value is -5.47. The van der Waals surface area contributed by atoms with Crippen molar-refractivity contribution in [1.29, 1.82) is 0 Å². The van der Waals surface area contributed by atoms with Gasteiger partial charge in [0.2, 0.25) is 0 Å². The van der Waals surface area contributed by atoms with Gasteiger partial charge < -0.3 is 5.32 Å². The largest absolute Gasteiger partial charge is 0.361 e. The van der Waals surface area contributed by atoms with Gasteiger partial charge in [-0.15, -0.1) is 0 Å². The highest BCUT2D eigenvalue weighted by Gasteiger charge is 2.12. The summed E-state index contributed by atoms with van der Waals surface area (Å²) in [6.45, 7) is 0. The summed E-state index contributed by atoms with van der Waals surface area (Å²) in [5.74, 6) is 0. The van der Waals surface area contributed by atoms with Crippen LogP contribution in [0.5, 0.6) is 0 Å². The number of hydrogen-bond acceptors (Lipinski definition) is 2. The number of aliphatic imine (C=N–C) groups is 1. The zero-order valence-corrected chi connectivity index (χ0v) is 22.7. The third kappa shape index (κ3) is 5.93. The molecule has 2 heteroatoms. The summed E-state index contributed by atoms with van der Waals surface area (Å²) < 4.78 is 0. The maximum absolute atomic E-state index is 5.00. The fourth-order valence-electron chi connectivity index (χ4n) is 5.10. The number of anilines is 1. The Morgan fingerprint density at radius 2 is 0.756 bits per heavy atom. The second-order valence-corrected chi connectivity index (χ2v) is 9.68. The van der Waals surface area contributed by atoms with Crippen molar-refractivity contribution in [2.24, 2.45) is 4.99 Å². The summed E-state index contributed by atoms with van der Waals surface area (Å²) in [6, 6.07) is 54.7. The predicted molar refractivity (Wildman–Crippen MR) is 176 cm³/mol. The molecule has 0 saturated heterocycles. The minimum absolute atomic E-state index is 0.948. The van der Waals surface area contributed by atoms with E-state index in [1.165, 1.54) is 11.1 Å². The van der Waals surface area contributed by atoms with Crippen LogP contribution in [0.3, 0.4) is 0 Å². The van der Waals surface area contributed by atoms with Gasteiger partial charge in [-0.1, -0.05) is 158 Å². The van der Waals surface area contributed by atoms with Crippen molar-refractivity contribution in [1.82, 2.24) is 0 Å². The number of nitrogens with zero attached hydrogens (tertiary/aromatic N) is 1. The Labute approximate surface area is 242 Å². The van der Waals surface area contributed by atoms with Crippen LogP contribution in [0.2, 0.25) is 0 Å². The van der Waals surface area contributed by atoms with E-state index in [1.54, 1.807) is 0 Å². The number of hydrogen-bond donors (Lipinski definition) is 1. The molecule has 1 N–H and O–H groups in total. The predicted octanol–water partition coefficient (Wildman–Crippen LogP) is 10.7. The van der Waals surface area contributed by atoms with Crippen LogP contribution in [0.25, 0.3) is 44.5 Å². The molecule has 6 aromatic rings. The molecule has 2 nitrogen and oxygen atoms in total. The molecule has 196 valence electrons. The van der Waals surface area contributed by atoms with Crippen molar-refractivity contribution in [3.8, 4) is 44.5 Å². The average molecular weight is 527 g/mol. The molecule has 0 aromatic heterocycles. The van der Waals surface area contributed by atoms with Gasteiger partial charge in [0.25, 0.3) is 0 Å². The smallest absolute Gasteiger partial charge is 0.0786 e. The highest BCUT2D eigenvalue weighted by Crippen LogP contribution is 2.39. The van der Waals surface area contributed by atoms with Crippen molar-refractivity contribution in [2.45, 2.75) is 0 Å². The first-order valence-corrected chi connectivity index (χ1v) is 13.8. The molecule has 6 aromatic carbocycles. The van der Waals surface area contributed by atoms with Crippen LogP contribution in [0.15, 0.2) is 175 Å². The minimum Gasteiger partial charge on any atom is -0.361 e. The highest BCUT2D eigenvalue weighted by molar-refractivity contribution is 5.93. The second-order valence-electron chi connectivity index (χ2n) is 9.68. The Bertz CT molecular complexity index is 1660. The molecule has 0 saturated carbocycles. The van der Waals surface area contributed by atoms with E-state index in [9.17, 15) is 0 Å². The van der Waals surface area contributed by atoms with Gasteiger partial charge in [0, 0.05) is 34.7 Å². The first kappa shape index (κ1) is 25.8. The zero-order chi connectivity index (χ0) is 27.7. The molecular weight excluding hydrogens is 496 g/mol. The summed E-state index contributed by atoms with van der Waals surface area (Å²) in [7, 11) is 0. The lowest BCUT2D eigenvalue weighted by atomic mass is 9.96. The summed E-state index contributed by atoms with van der Waals surface area (Å²) in [6.07, 6.45) is 5.80. The van der Waals surface area contributed by atoms with Crippen molar-refractivity contribution in [2.75, 3.05) is 5.32 Å². The Morgan fingerprint density at radius 3 is 1.17 bits per heavy atom. The van der Waals surface area contributed by atoms with Gasteiger partial charge in [-0.05, 0) is 28.3 Å². The van der Waals surface area contributed by atoms with Gasteiger partial charge in [0.15, 0.2) is 0 Å². The van der Waals surface area contributed by atoms with E-state index in [0.717, 1.165) is 44.8 Å². The Morgan fingerprint density at radius 1 is 0.390 bits per heavy atom. The molecular formula is C39H30N2. The van der Waals surface area contributed by atoms with Crippen LogP contribution in [0, 0.1) is 0 Å². The van der Waals surface area contributed by atoms with E-state index < -0.39 is 0 Å². The molecule has 0 radical (unpaired) electrons. The quantitative estimate of drug-likeness (QED) is 0.196. The molecule has 0 spiro atoms. The molecule has 0 amide bonds. The zero-order valence-electron chi connectivity index (χ0n) is 22.7. The maximum Gasteiger partial charge on any atom is 0.0786 e. The molecule has 0 atom stereocenters. The lowest BCUT2D eigenvalue weighted by Gasteiger charge is -2.15. The maximum atomic E-state index is 5.00. The topological polar surface area (TPSA) is 24.4 Å². The van der Waals surface area contributed by atoms with Crippen molar-refractivity contribution < 1.29 is 0 Å². The highest BCUT2D eigenvalue weighted by atomic mass is 14.8. The van der Waals surface area contributed by atoms with Crippen LogP contribution in [-0.4, -0.2) is 6.21 Å². The van der Waals surface area contributed by atoms with Crippen molar-refractivity contribution in [3.63, 3.8) is 0 Å². The number of para-hydroxylation sites is 2. The van der Waals surface area contributed by atoms with Crippen LogP contribution in [0.1, 0.15) is 0 Å². The van der Waals surface area contributed by atoms with E-state index in [2.05, 4.69) is 139 Å². The molecule has 6 rings (SSSR count). The number of rotatable bonds is 8. The summed E-state index contributed by atoms with van der Waals surface area (Å²) in [5.41, 5.74) is 11.1. The van der Waals surface area contributed by atoms with Crippen LogP contribution in [-0.2, 0) is 0 Å². The van der Waals surface area contributed by atoms with Crippen LogP contribution in [0.4, 0.5) is 11.4 Å². The van der Waals surface area contributed by atoms with Gasteiger partial charge >= 0.3 is 0 Å². The van der Waals surface area contributed by atoms with Crippen LogP contribution >= 0.6 is 0 Å². The molecule has 0 unspecified atom stereocenters. The standard InChI is InChI=1S/C39H30N2/c1-5-16-30(17-6-1)34-24-13-25-35(31-18-7-2-8-19-31)38(34)40-28-15-29-41-39-36(32-20-9-3-10-21-32)26-14-27-37(39)33-22-11-4-12-23-33/h1-29,40H/b28-15-,41-29?. The van der Waals surface area contributed by atoms with E-state index in [-0.39, 0.29) is 0 Å². The Balaban J connectivity index is 1.36. The van der Waals surface area contributed by atoms with Gasteiger partial charge in [-0.2, -0.15) is 0 Å². The van der Waals surface area contributed by atoms with E-state index in [4.69, 9.17) is 4.99 Å². The molecule has 0 aliphatic heterocycles. The first-order valence-electron chi connectivity index (χ1n) is 13.8. The summed E-state index contributed by atoms with van der Waals surface area (Å²) in [5, 5.41) is 3.59. The van der Waals surface area contributed by atoms with Crippen LogP contribution < -0.4 is 5.32 Å². The fourth-order valence-corrected chi connectivity index (χ4v) is 5.10. The number of allylic oxidation sites excluding steroid dienone is 1. The third-order valence-corrected chi connectivity index (χ3v) is 7.05. The summed E-state index contributed by atoms with van der Waals surface area (Å²) in [4.78, 5) is 5.00. The molecule has 0 aliphatic carbocycles. The third-order valence-electron chi connectivity index (χ3n) is 7.05. The Kier molecular flexibility index (Phi) is 7.92. The SMILES string of the molecule is C(/C=C\Nc1c(-c2ccccc2)cccc1-c1ccccc1)=Nc1c(-c2ccccc2)cccc1-c1ccccc1. The lowest BCUT2D eigenvalue weighted by Crippen LogP contribution is -1.95. The average Bonchev–Trinajstić information content (AvgIpc) is 3.06. The second kappa shape index (κ2) is 12.6. The number of benzene rings is 6. The van der Waals surface area contributed by atoms with Crippen molar-refractivity contribution in [3.05, 3.63) is 170 Å². The molecule has 0 bridgehead atoms. The lowest BCUT2D eigenvalue weighted by molar-refractivity contribution is 1.50. The molecule has 0 aliphatic rings. The van der Waals surface area contributed by atoms with Gasteiger partial charge in [-0.3, -0.25) is 4.99 Å². The van der Waals surface area contributed by atoms with E-state index in [0.29, 0.717) is 0 Å². The monoisotopic (exact) mass is 526 g/mol. The van der Waals surface area contributed by atoms with Gasteiger partial charge in [-0.25, -0.2) is 0 Å². The summed E-state index contributed by atoms with van der Waals surface area (Å²) >= 11 is 0. The number of nitrogens with one attached hydrogen (secondary N) is 1. The molecule has 0 heterocycles. The van der Waals surface area contributed by atoms with Crippen molar-refractivity contribution >= 4 is 17.6 Å². The fraction of sp³-hybridized carbons (Fsp3) is 0. The van der Waals surface area contributed by atoms with Gasteiger partial charge in [0.05, 0.1) is 11.4 Å². The minimum atomic E-state index is 0.948. The van der Waals surface area contributed by atoms with E-state index in [1.807, 2.05) is 42.8 Å². The molecule has 0 fully saturated rings. The van der Waals surface area contributed by atoms with E-state index >= 15 is 0 Å². The normalized spacial score (nSPS) is 11.2.